The van der Waals surface area contributed by atoms with Gasteiger partial charge in [0.2, 0.25) is 5.91 Å². The molecule has 0 aliphatic rings. The maximum Gasteiger partial charge on any atom is 0.273 e. The number of nitrogens with one attached hydrogen (secondary N) is 1. The molecule has 6 nitrogen and oxygen atoms in total. The largest absolute Gasteiger partial charge is 0.368 e. The number of aromatic nitrogens is 2. The lowest BCUT2D eigenvalue weighted by Crippen LogP contribution is -2.47. The molecule has 3 N–H and O–H groups in total. The van der Waals surface area contributed by atoms with Crippen molar-refractivity contribution in [3.63, 3.8) is 0 Å². The Morgan fingerprint density at radius 2 is 1.96 bits per heavy atom. The molecule has 1 aromatic heterocycles. The van der Waals surface area contributed by atoms with Crippen LogP contribution in [0.15, 0.2) is 24.3 Å². The Hall–Kier alpha value is -2.44. The lowest BCUT2D eigenvalue weighted by Gasteiger charge is -2.18. The number of rotatable bonds is 8. The van der Waals surface area contributed by atoms with E-state index in [2.05, 4.69) is 10.4 Å². The van der Waals surface area contributed by atoms with Crippen LogP contribution in [0.1, 0.15) is 44.1 Å². The minimum absolute atomic E-state index is 0.124. The topological polar surface area (TPSA) is 90.0 Å². The Balaban J connectivity index is 2.28. The van der Waals surface area contributed by atoms with E-state index >= 15 is 0 Å². The maximum atomic E-state index is 13.0. The lowest BCUT2D eigenvalue weighted by molar-refractivity contribution is -0.120. The molecule has 2 aromatic rings. The van der Waals surface area contributed by atoms with Crippen LogP contribution in [0.25, 0.3) is 10.9 Å². The number of carbonyl (C=O) groups is 2. The molecule has 0 unspecified atom stereocenters. The molecule has 2 rings (SSSR count). The van der Waals surface area contributed by atoms with Crippen LogP contribution < -0.4 is 11.1 Å². The molecule has 2 atom stereocenters. The molecule has 0 saturated heterocycles. The van der Waals surface area contributed by atoms with Gasteiger partial charge in [0, 0.05) is 11.9 Å². The first kappa shape index (κ1) is 18.9. The Morgan fingerprint density at radius 3 is 2.56 bits per heavy atom. The molecular weight excluding hydrogens is 323 g/mol. The van der Waals surface area contributed by atoms with E-state index in [9.17, 15) is 14.0 Å². The number of amides is 2. The summed E-state index contributed by atoms with van der Waals surface area (Å²) < 4.78 is 14.7. The van der Waals surface area contributed by atoms with Gasteiger partial charge in [-0.3, -0.25) is 14.3 Å². The Kier molecular flexibility index (Phi) is 6.12. The lowest BCUT2D eigenvalue weighted by atomic mass is 10.0. The van der Waals surface area contributed by atoms with Crippen LogP contribution in [0.3, 0.4) is 0 Å². The number of hydrogen-bond donors (Lipinski definition) is 2. The minimum Gasteiger partial charge on any atom is -0.368 e. The average molecular weight is 348 g/mol. The normalized spacial score (nSPS) is 13.8. The van der Waals surface area contributed by atoms with Crippen molar-refractivity contribution in [1.29, 1.82) is 0 Å². The van der Waals surface area contributed by atoms with E-state index in [-0.39, 0.29) is 11.6 Å². The van der Waals surface area contributed by atoms with Crippen LogP contribution in [0.2, 0.25) is 0 Å². The van der Waals surface area contributed by atoms with Gasteiger partial charge in [0.15, 0.2) is 5.69 Å². The van der Waals surface area contributed by atoms with E-state index in [1.165, 1.54) is 6.92 Å². The van der Waals surface area contributed by atoms with Gasteiger partial charge >= 0.3 is 0 Å². The third-order valence-corrected chi connectivity index (χ3v) is 4.10. The van der Waals surface area contributed by atoms with E-state index in [1.807, 2.05) is 32.0 Å². The number of benzene rings is 1. The summed E-state index contributed by atoms with van der Waals surface area (Å²) in [5, 5.41) is 7.75. The number of hydrogen-bond acceptors (Lipinski definition) is 3. The number of para-hydroxylation sites is 1. The standard InChI is InChI=1S/C18H25FN4O2/c1-11(2)15(17(20)24)21-18(25)16-13-8-4-5-9-14(13)23(22-16)10-6-7-12(3)19/h4-5,8-9,11-12,15H,6-7,10H2,1-3H3,(H2,20,24)(H,21,25)/t12-,15-/m0/s1. The number of aryl methyl sites for hydroxylation is 1. The van der Waals surface area contributed by atoms with E-state index in [0.717, 1.165) is 5.52 Å². The summed E-state index contributed by atoms with van der Waals surface area (Å²) >= 11 is 0. The summed E-state index contributed by atoms with van der Waals surface area (Å²) in [7, 11) is 0. The van der Waals surface area contributed by atoms with Crippen LogP contribution >= 0.6 is 0 Å². The van der Waals surface area contributed by atoms with Gasteiger partial charge in [-0.2, -0.15) is 5.10 Å². The fourth-order valence-electron chi connectivity index (χ4n) is 2.76. The molecule has 0 saturated carbocycles. The first-order valence-electron chi connectivity index (χ1n) is 8.51. The number of fused-ring (bicyclic) bond motifs is 1. The van der Waals surface area contributed by atoms with Crippen molar-refractivity contribution in [3.8, 4) is 0 Å². The number of halogens is 1. The third-order valence-electron chi connectivity index (χ3n) is 4.10. The zero-order chi connectivity index (χ0) is 18.6. The van der Waals surface area contributed by atoms with Gasteiger partial charge < -0.3 is 11.1 Å². The highest BCUT2D eigenvalue weighted by Crippen LogP contribution is 2.20. The van der Waals surface area contributed by atoms with E-state index in [0.29, 0.717) is 24.8 Å². The zero-order valence-corrected chi connectivity index (χ0v) is 14.8. The van der Waals surface area contributed by atoms with Gasteiger partial charge in [-0.05, 0) is 31.7 Å². The number of primary amides is 1. The molecular formula is C18H25FN4O2. The number of carbonyl (C=O) groups excluding carboxylic acids is 2. The fraction of sp³-hybridized carbons (Fsp3) is 0.500. The third kappa shape index (κ3) is 4.55. The van der Waals surface area contributed by atoms with E-state index in [1.54, 1.807) is 10.7 Å². The van der Waals surface area contributed by atoms with Crippen molar-refractivity contribution in [2.45, 2.75) is 52.4 Å². The number of nitrogens with two attached hydrogens (primary N) is 1. The minimum atomic E-state index is -0.869. The zero-order valence-electron chi connectivity index (χ0n) is 14.8. The summed E-state index contributed by atoms with van der Waals surface area (Å²) in [6, 6.07) is 6.60. The Morgan fingerprint density at radius 1 is 1.28 bits per heavy atom. The SMILES string of the molecule is CC(C)[C@H](NC(=O)c1nn(CCC[C@H](C)F)c2ccccc12)C(N)=O. The highest BCUT2D eigenvalue weighted by Gasteiger charge is 2.25. The van der Waals surface area contributed by atoms with Crippen molar-refractivity contribution in [2.75, 3.05) is 0 Å². The van der Waals surface area contributed by atoms with Crippen molar-refractivity contribution in [2.24, 2.45) is 11.7 Å². The summed E-state index contributed by atoms with van der Waals surface area (Å²) in [4.78, 5) is 24.1. The van der Waals surface area contributed by atoms with Gasteiger partial charge in [0.05, 0.1) is 11.7 Å². The van der Waals surface area contributed by atoms with Crippen LogP contribution in [0.4, 0.5) is 4.39 Å². The van der Waals surface area contributed by atoms with Crippen molar-refractivity contribution in [1.82, 2.24) is 15.1 Å². The van der Waals surface area contributed by atoms with Crippen molar-refractivity contribution in [3.05, 3.63) is 30.0 Å². The molecule has 136 valence electrons. The quantitative estimate of drug-likeness (QED) is 0.767. The molecule has 0 aliphatic carbocycles. The molecule has 0 radical (unpaired) electrons. The van der Waals surface area contributed by atoms with Crippen molar-refractivity contribution >= 4 is 22.7 Å². The fourth-order valence-corrected chi connectivity index (χ4v) is 2.76. The molecule has 1 heterocycles. The molecule has 0 fully saturated rings. The molecule has 0 spiro atoms. The molecule has 7 heteroatoms. The van der Waals surface area contributed by atoms with Gasteiger partial charge in [-0.15, -0.1) is 0 Å². The smallest absolute Gasteiger partial charge is 0.273 e. The first-order chi connectivity index (χ1) is 11.8. The number of alkyl halides is 1. The van der Waals surface area contributed by atoms with Crippen LogP contribution in [-0.4, -0.2) is 33.8 Å². The Labute approximate surface area is 146 Å². The molecule has 1 aromatic carbocycles. The second kappa shape index (κ2) is 8.09. The van der Waals surface area contributed by atoms with Crippen LogP contribution in [-0.2, 0) is 11.3 Å². The summed E-state index contributed by atoms with van der Waals surface area (Å²) in [5.74, 6) is -1.14. The van der Waals surface area contributed by atoms with Crippen LogP contribution in [0, 0.1) is 5.92 Å². The first-order valence-corrected chi connectivity index (χ1v) is 8.51. The van der Waals surface area contributed by atoms with Gasteiger partial charge in [0.1, 0.15) is 6.04 Å². The maximum absolute atomic E-state index is 13.0. The van der Waals surface area contributed by atoms with Crippen LogP contribution in [0.5, 0.6) is 0 Å². The number of nitrogens with zero attached hydrogens (tertiary/aromatic N) is 2. The summed E-state index contributed by atoms with van der Waals surface area (Å²) in [5.41, 5.74) is 6.41. The predicted molar refractivity (Wildman–Crippen MR) is 94.8 cm³/mol. The summed E-state index contributed by atoms with van der Waals surface area (Å²) in [6.45, 7) is 5.66. The second-order valence-electron chi connectivity index (χ2n) is 6.61. The highest BCUT2D eigenvalue weighted by atomic mass is 19.1. The predicted octanol–water partition coefficient (Wildman–Crippen LogP) is 2.41. The average Bonchev–Trinajstić information content (AvgIpc) is 2.90. The van der Waals surface area contributed by atoms with Crippen molar-refractivity contribution < 1.29 is 14.0 Å². The molecule has 25 heavy (non-hydrogen) atoms. The highest BCUT2D eigenvalue weighted by molar-refractivity contribution is 6.06. The van der Waals surface area contributed by atoms with Gasteiger partial charge in [-0.25, -0.2) is 4.39 Å². The van der Waals surface area contributed by atoms with E-state index < -0.39 is 24.0 Å². The molecule has 2 amide bonds. The van der Waals surface area contributed by atoms with Gasteiger partial charge in [-0.1, -0.05) is 32.0 Å². The Bertz CT molecular complexity index is 755. The van der Waals surface area contributed by atoms with Gasteiger partial charge in [0.25, 0.3) is 5.91 Å². The summed E-state index contributed by atoms with van der Waals surface area (Å²) in [6.07, 6.45) is 0.194. The monoisotopic (exact) mass is 348 g/mol. The molecule has 0 bridgehead atoms. The van der Waals surface area contributed by atoms with E-state index in [4.69, 9.17) is 5.73 Å². The second-order valence-corrected chi connectivity index (χ2v) is 6.61. The molecule has 0 aliphatic heterocycles.